The van der Waals surface area contributed by atoms with E-state index in [0.717, 1.165) is 25.7 Å². The second-order valence-electron chi connectivity index (χ2n) is 5.00. The van der Waals surface area contributed by atoms with E-state index < -0.39 is 9.84 Å². The molecule has 1 aromatic carbocycles. The highest BCUT2D eigenvalue weighted by Crippen LogP contribution is 2.31. The molecule has 4 heteroatoms. The minimum absolute atomic E-state index is 0.206. The summed E-state index contributed by atoms with van der Waals surface area (Å²) in [4.78, 5) is 0.409. The van der Waals surface area contributed by atoms with Crippen LogP contribution in [0.2, 0.25) is 0 Å². The van der Waals surface area contributed by atoms with E-state index in [2.05, 4.69) is 6.92 Å². The van der Waals surface area contributed by atoms with Crippen molar-refractivity contribution in [2.24, 2.45) is 5.92 Å². The molecule has 2 rings (SSSR count). The summed E-state index contributed by atoms with van der Waals surface area (Å²) in [5.41, 5.74) is 6.17. The minimum Gasteiger partial charge on any atom is -0.399 e. The van der Waals surface area contributed by atoms with Crippen molar-refractivity contribution in [1.29, 1.82) is 0 Å². The molecule has 0 heterocycles. The van der Waals surface area contributed by atoms with Gasteiger partial charge in [-0.15, -0.1) is 0 Å². The SMILES string of the molecule is CC1CCC(S(=O)(=O)c2ccc(N)cc2)CC1. The fraction of sp³-hybridized carbons (Fsp3) is 0.538. The monoisotopic (exact) mass is 253 g/mol. The minimum atomic E-state index is -3.16. The first-order valence-electron chi connectivity index (χ1n) is 6.09. The average Bonchev–Trinajstić information content (AvgIpc) is 2.30. The summed E-state index contributed by atoms with van der Waals surface area (Å²) in [6.07, 6.45) is 3.60. The molecule has 0 atom stereocenters. The summed E-state index contributed by atoms with van der Waals surface area (Å²) in [6, 6.07) is 6.53. The highest BCUT2D eigenvalue weighted by Gasteiger charge is 2.30. The van der Waals surface area contributed by atoms with Crippen LogP contribution in [0, 0.1) is 5.92 Å². The summed E-state index contributed by atoms with van der Waals surface area (Å²) in [5.74, 6) is 0.660. The van der Waals surface area contributed by atoms with Crippen molar-refractivity contribution in [1.82, 2.24) is 0 Å². The Kier molecular flexibility index (Phi) is 3.43. The molecule has 2 N–H and O–H groups in total. The maximum atomic E-state index is 12.4. The molecule has 0 aliphatic heterocycles. The van der Waals surface area contributed by atoms with Crippen molar-refractivity contribution in [2.45, 2.75) is 42.8 Å². The van der Waals surface area contributed by atoms with Gasteiger partial charge in [0.1, 0.15) is 0 Å². The van der Waals surface area contributed by atoms with E-state index in [0.29, 0.717) is 16.5 Å². The summed E-state index contributed by atoms with van der Waals surface area (Å²) in [6.45, 7) is 2.19. The summed E-state index contributed by atoms with van der Waals surface area (Å²) in [5, 5.41) is -0.206. The standard InChI is InChI=1S/C13H19NO2S/c1-10-2-6-12(7-3-10)17(15,16)13-8-4-11(14)5-9-13/h4-5,8-10,12H,2-3,6-7,14H2,1H3. The van der Waals surface area contributed by atoms with Crippen molar-refractivity contribution in [3.8, 4) is 0 Å². The molecule has 1 aliphatic carbocycles. The normalized spacial score (nSPS) is 25.7. The molecule has 1 aliphatic rings. The Bertz CT molecular complexity index is 471. The van der Waals surface area contributed by atoms with Gasteiger partial charge >= 0.3 is 0 Å². The van der Waals surface area contributed by atoms with Gasteiger partial charge in [0.25, 0.3) is 0 Å². The van der Waals surface area contributed by atoms with E-state index in [9.17, 15) is 8.42 Å². The molecule has 0 radical (unpaired) electrons. The summed E-state index contributed by atoms with van der Waals surface area (Å²) in [7, 11) is -3.16. The second kappa shape index (κ2) is 4.69. The third-order valence-electron chi connectivity index (χ3n) is 3.61. The third kappa shape index (κ3) is 2.63. The molecule has 94 valence electrons. The first-order chi connectivity index (χ1) is 8.00. The first kappa shape index (κ1) is 12.4. The van der Waals surface area contributed by atoms with Crippen LogP contribution in [0.4, 0.5) is 5.69 Å². The predicted octanol–water partition coefficient (Wildman–Crippen LogP) is 2.62. The Hall–Kier alpha value is -1.03. The number of hydrogen-bond donors (Lipinski definition) is 1. The molecule has 1 fully saturated rings. The largest absolute Gasteiger partial charge is 0.399 e. The number of sulfone groups is 1. The molecule has 0 bridgehead atoms. The smallest absolute Gasteiger partial charge is 0.181 e. The molecule has 1 aromatic rings. The molecular weight excluding hydrogens is 234 g/mol. The van der Waals surface area contributed by atoms with Gasteiger partial charge < -0.3 is 5.73 Å². The molecule has 1 saturated carbocycles. The molecule has 3 nitrogen and oxygen atoms in total. The number of nitrogens with two attached hydrogens (primary N) is 1. The van der Waals surface area contributed by atoms with Gasteiger partial charge in [0.15, 0.2) is 9.84 Å². The maximum Gasteiger partial charge on any atom is 0.181 e. The van der Waals surface area contributed by atoms with Crippen LogP contribution in [0.1, 0.15) is 32.6 Å². The third-order valence-corrected chi connectivity index (χ3v) is 5.89. The van der Waals surface area contributed by atoms with E-state index >= 15 is 0 Å². The van der Waals surface area contributed by atoms with Gasteiger partial charge in [-0.1, -0.05) is 6.92 Å². The van der Waals surface area contributed by atoms with Gasteiger partial charge in [-0.25, -0.2) is 8.42 Å². The Morgan fingerprint density at radius 1 is 1.06 bits per heavy atom. The van der Waals surface area contributed by atoms with Gasteiger partial charge in [0, 0.05) is 5.69 Å². The van der Waals surface area contributed by atoms with Crippen molar-refractivity contribution in [2.75, 3.05) is 5.73 Å². The lowest BCUT2D eigenvalue weighted by Gasteiger charge is -2.26. The lowest BCUT2D eigenvalue weighted by molar-refractivity contribution is 0.382. The van der Waals surface area contributed by atoms with Crippen LogP contribution in [-0.4, -0.2) is 13.7 Å². The van der Waals surface area contributed by atoms with Crippen LogP contribution in [0.15, 0.2) is 29.2 Å². The van der Waals surface area contributed by atoms with Gasteiger partial charge in [0.2, 0.25) is 0 Å². The fourth-order valence-electron chi connectivity index (χ4n) is 2.39. The van der Waals surface area contributed by atoms with Crippen molar-refractivity contribution in [3.63, 3.8) is 0 Å². The van der Waals surface area contributed by atoms with Gasteiger partial charge in [0.05, 0.1) is 10.1 Å². The topological polar surface area (TPSA) is 60.2 Å². The molecule has 0 unspecified atom stereocenters. The predicted molar refractivity (Wildman–Crippen MR) is 69.5 cm³/mol. The van der Waals surface area contributed by atoms with E-state index in [1.165, 1.54) is 0 Å². The lowest BCUT2D eigenvalue weighted by atomic mass is 9.91. The lowest BCUT2D eigenvalue weighted by Crippen LogP contribution is -2.26. The van der Waals surface area contributed by atoms with Crippen LogP contribution in [0.5, 0.6) is 0 Å². The fourth-order valence-corrected chi connectivity index (χ4v) is 4.18. The van der Waals surface area contributed by atoms with Crippen LogP contribution in [0.25, 0.3) is 0 Å². The van der Waals surface area contributed by atoms with Gasteiger partial charge in [-0.3, -0.25) is 0 Å². The van der Waals surface area contributed by atoms with E-state index in [4.69, 9.17) is 5.73 Å². The first-order valence-corrected chi connectivity index (χ1v) is 7.64. The molecular formula is C13H19NO2S. The molecule has 0 spiro atoms. The van der Waals surface area contributed by atoms with Crippen molar-refractivity contribution < 1.29 is 8.42 Å². The van der Waals surface area contributed by atoms with E-state index in [1.54, 1.807) is 24.3 Å². The number of rotatable bonds is 2. The van der Waals surface area contributed by atoms with Gasteiger partial charge in [-0.2, -0.15) is 0 Å². The average molecular weight is 253 g/mol. The quantitative estimate of drug-likeness (QED) is 0.824. The van der Waals surface area contributed by atoms with Crippen molar-refractivity contribution in [3.05, 3.63) is 24.3 Å². The van der Waals surface area contributed by atoms with Crippen molar-refractivity contribution >= 4 is 15.5 Å². The molecule has 0 saturated heterocycles. The Labute approximate surface area is 103 Å². The van der Waals surface area contributed by atoms with Crippen LogP contribution < -0.4 is 5.73 Å². The Balaban J connectivity index is 2.21. The maximum absolute atomic E-state index is 12.4. The Morgan fingerprint density at radius 3 is 2.12 bits per heavy atom. The Morgan fingerprint density at radius 2 is 1.59 bits per heavy atom. The number of hydrogen-bond acceptors (Lipinski definition) is 3. The van der Waals surface area contributed by atoms with Crippen LogP contribution >= 0.6 is 0 Å². The highest BCUT2D eigenvalue weighted by molar-refractivity contribution is 7.92. The zero-order valence-electron chi connectivity index (χ0n) is 10.1. The van der Waals surface area contributed by atoms with Crippen LogP contribution in [0.3, 0.4) is 0 Å². The van der Waals surface area contributed by atoms with E-state index in [1.807, 2.05) is 0 Å². The number of nitrogen functional groups attached to an aromatic ring is 1. The molecule has 0 amide bonds. The highest BCUT2D eigenvalue weighted by atomic mass is 32.2. The van der Waals surface area contributed by atoms with Crippen LogP contribution in [-0.2, 0) is 9.84 Å². The molecule has 17 heavy (non-hydrogen) atoms. The second-order valence-corrected chi connectivity index (χ2v) is 7.22. The van der Waals surface area contributed by atoms with E-state index in [-0.39, 0.29) is 5.25 Å². The summed E-state index contributed by atoms with van der Waals surface area (Å²) < 4.78 is 24.7. The van der Waals surface area contributed by atoms with Gasteiger partial charge in [-0.05, 0) is 55.9 Å². The summed E-state index contributed by atoms with van der Waals surface area (Å²) >= 11 is 0. The zero-order valence-corrected chi connectivity index (χ0v) is 10.9. The number of benzene rings is 1. The zero-order chi connectivity index (χ0) is 12.5. The number of anilines is 1. The molecule has 0 aromatic heterocycles.